The van der Waals surface area contributed by atoms with Gasteiger partial charge in [-0.1, -0.05) is 0 Å². The molecule has 0 bridgehead atoms. The van der Waals surface area contributed by atoms with Crippen LogP contribution in [-0.4, -0.2) is 78.8 Å². The molecule has 0 spiro atoms. The number of hydrogen-bond acceptors (Lipinski definition) is 6. The van der Waals surface area contributed by atoms with Crippen molar-refractivity contribution in [2.45, 2.75) is 38.3 Å². The number of aliphatic carboxylic acids is 1. The number of amides is 1. The van der Waals surface area contributed by atoms with Crippen molar-refractivity contribution in [3.05, 3.63) is 18.2 Å². The van der Waals surface area contributed by atoms with Gasteiger partial charge in [0.1, 0.15) is 13.2 Å². The molecule has 1 aromatic carbocycles. The second-order valence-electron chi connectivity index (χ2n) is 7.45. The molecule has 2 aliphatic rings. The Morgan fingerprint density at radius 1 is 1.25 bits per heavy atom. The third kappa shape index (κ3) is 5.14. The molecule has 1 fully saturated rings. The summed E-state index contributed by atoms with van der Waals surface area (Å²) in [6.45, 7) is 4.59. The molecule has 1 aromatic rings. The van der Waals surface area contributed by atoms with Gasteiger partial charge in [-0.05, 0) is 51.9 Å². The molecule has 1 saturated heterocycles. The lowest BCUT2D eigenvalue weighted by Gasteiger charge is -2.28. The highest BCUT2D eigenvalue weighted by Gasteiger charge is 2.27. The van der Waals surface area contributed by atoms with Crippen LogP contribution in [0.2, 0.25) is 0 Å². The van der Waals surface area contributed by atoms with Crippen LogP contribution in [0.4, 0.5) is 5.69 Å². The van der Waals surface area contributed by atoms with Crippen LogP contribution >= 0.6 is 0 Å². The van der Waals surface area contributed by atoms with Crippen molar-refractivity contribution in [2.75, 3.05) is 45.2 Å². The third-order valence-corrected chi connectivity index (χ3v) is 5.48. The zero-order valence-corrected chi connectivity index (χ0v) is 16.5. The quantitative estimate of drug-likeness (QED) is 0.762. The zero-order valence-electron chi connectivity index (χ0n) is 16.5. The number of carboxylic acid groups (broad SMARTS) is 1. The molecular formula is C20H29N3O5. The summed E-state index contributed by atoms with van der Waals surface area (Å²) in [5.74, 6) is 0.474. The monoisotopic (exact) mass is 391 g/mol. The second kappa shape index (κ2) is 9.25. The summed E-state index contributed by atoms with van der Waals surface area (Å²) in [5.41, 5.74) is 0.690. The van der Waals surface area contributed by atoms with Gasteiger partial charge in [0, 0.05) is 24.3 Å². The van der Waals surface area contributed by atoms with Crippen LogP contribution in [-0.2, 0) is 9.59 Å². The number of likely N-dealkylation sites (tertiary alicyclic amines) is 1. The first kappa shape index (κ1) is 20.4. The van der Waals surface area contributed by atoms with E-state index < -0.39 is 5.97 Å². The number of rotatable bonds is 6. The van der Waals surface area contributed by atoms with E-state index in [0.717, 1.165) is 32.4 Å². The lowest BCUT2D eigenvalue weighted by molar-refractivity contribution is -0.138. The SMILES string of the molecule is CC(C(=O)Nc1ccc2c(c1)OCCO2)N1CCCC(N(C)CC(=O)O)CC1. The average Bonchev–Trinajstić information content (AvgIpc) is 2.93. The number of benzene rings is 1. The fraction of sp³-hybridized carbons (Fsp3) is 0.600. The molecule has 0 radical (unpaired) electrons. The highest BCUT2D eigenvalue weighted by Crippen LogP contribution is 2.32. The molecule has 28 heavy (non-hydrogen) atoms. The summed E-state index contributed by atoms with van der Waals surface area (Å²) in [5, 5.41) is 12.0. The number of carbonyl (C=O) groups excluding carboxylic acids is 1. The van der Waals surface area contributed by atoms with Crippen LogP contribution in [0.5, 0.6) is 11.5 Å². The Kier molecular flexibility index (Phi) is 6.74. The van der Waals surface area contributed by atoms with Gasteiger partial charge in [0.25, 0.3) is 0 Å². The lowest BCUT2D eigenvalue weighted by Crippen LogP contribution is -2.43. The number of ether oxygens (including phenoxy) is 2. The predicted molar refractivity (Wildman–Crippen MR) is 105 cm³/mol. The average molecular weight is 391 g/mol. The van der Waals surface area contributed by atoms with E-state index in [-0.39, 0.29) is 24.5 Å². The summed E-state index contributed by atoms with van der Waals surface area (Å²) in [4.78, 5) is 27.7. The van der Waals surface area contributed by atoms with Gasteiger partial charge in [0.05, 0.1) is 12.6 Å². The summed E-state index contributed by atoms with van der Waals surface area (Å²) < 4.78 is 11.1. The van der Waals surface area contributed by atoms with E-state index in [0.29, 0.717) is 30.4 Å². The number of hydrogen-bond donors (Lipinski definition) is 2. The number of likely N-dealkylation sites (N-methyl/N-ethyl adjacent to an activating group) is 1. The van der Waals surface area contributed by atoms with Crippen molar-refractivity contribution < 1.29 is 24.2 Å². The molecule has 8 nitrogen and oxygen atoms in total. The maximum atomic E-state index is 12.7. The van der Waals surface area contributed by atoms with E-state index in [9.17, 15) is 9.59 Å². The maximum absolute atomic E-state index is 12.7. The first-order valence-corrected chi connectivity index (χ1v) is 9.80. The molecule has 2 heterocycles. The van der Waals surface area contributed by atoms with Crippen LogP contribution in [0.15, 0.2) is 18.2 Å². The zero-order chi connectivity index (χ0) is 20.1. The first-order chi connectivity index (χ1) is 13.4. The van der Waals surface area contributed by atoms with Gasteiger partial charge >= 0.3 is 5.97 Å². The molecule has 0 aromatic heterocycles. The van der Waals surface area contributed by atoms with Gasteiger partial charge in [0.2, 0.25) is 5.91 Å². The number of nitrogens with one attached hydrogen (secondary N) is 1. The van der Waals surface area contributed by atoms with Crippen molar-refractivity contribution in [1.82, 2.24) is 9.80 Å². The van der Waals surface area contributed by atoms with Crippen LogP contribution in [0.1, 0.15) is 26.2 Å². The molecule has 8 heteroatoms. The Hall–Kier alpha value is -2.32. The van der Waals surface area contributed by atoms with Crippen molar-refractivity contribution in [3.8, 4) is 11.5 Å². The Labute approximate surface area is 165 Å². The van der Waals surface area contributed by atoms with E-state index in [4.69, 9.17) is 14.6 Å². The van der Waals surface area contributed by atoms with Crippen LogP contribution < -0.4 is 14.8 Å². The van der Waals surface area contributed by atoms with Crippen molar-refractivity contribution in [2.24, 2.45) is 0 Å². The van der Waals surface area contributed by atoms with E-state index >= 15 is 0 Å². The smallest absolute Gasteiger partial charge is 0.317 e. The summed E-state index contributed by atoms with van der Waals surface area (Å²) in [6, 6.07) is 5.38. The molecular weight excluding hydrogens is 362 g/mol. The van der Waals surface area contributed by atoms with E-state index in [1.54, 1.807) is 6.07 Å². The standard InChI is InChI=1S/C20H29N3O5/c1-14(23-8-3-4-16(7-9-23)22(2)13-19(24)25)20(26)21-15-5-6-17-18(12-15)28-11-10-27-17/h5-6,12,14,16H,3-4,7-11,13H2,1-2H3,(H,21,26)(H,24,25). The van der Waals surface area contributed by atoms with Gasteiger partial charge in [0.15, 0.2) is 11.5 Å². The fourth-order valence-electron chi connectivity index (χ4n) is 3.81. The van der Waals surface area contributed by atoms with Gasteiger partial charge in [-0.15, -0.1) is 0 Å². The number of fused-ring (bicyclic) bond motifs is 1. The van der Waals surface area contributed by atoms with Crippen LogP contribution in [0.3, 0.4) is 0 Å². The second-order valence-corrected chi connectivity index (χ2v) is 7.45. The van der Waals surface area contributed by atoms with Crippen molar-refractivity contribution in [3.63, 3.8) is 0 Å². The molecule has 3 rings (SSSR count). The lowest BCUT2D eigenvalue weighted by atomic mass is 10.1. The minimum Gasteiger partial charge on any atom is -0.486 e. The number of nitrogens with zero attached hydrogens (tertiary/aromatic N) is 2. The molecule has 2 atom stereocenters. The molecule has 2 aliphatic heterocycles. The maximum Gasteiger partial charge on any atom is 0.317 e. The van der Waals surface area contributed by atoms with Gasteiger partial charge in [-0.25, -0.2) is 0 Å². The first-order valence-electron chi connectivity index (χ1n) is 9.80. The highest BCUT2D eigenvalue weighted by atomic mass is 16.6. The Balaban J connectivity index is 1.55. The molecule has 0 aliphatic carbocycles. The van der Waals surface area contributed by atoms with Crippen molar-refractivity contribution in [1.29, 1.82) is 0 Å². The van der Waals surface area contributed by atoms with E-state index in [2.05, 4.69) is 10.2 Å². The Morgan fingerprint density at radius 2 is 2.00 bits per heavy atom. The van der Waals surface area contributed by atoms with Gasteiger partial charge < -0.3 is 19.9 Å². The number of carboxylic acids is 1. The predicted octanol–water partition coefficient (Wildman–Crippen LogP) is 1.66. The largest absolute Gasteiger partial charge is 0.486 e. The summed E-state index contributed by atoms with van der Waals surface area (Å²) >= 11 is 0. The van der Waals surface area contributed by atoms with Crippen LogP contribution in [0.25, 0.3) is 0 Å². The highest BCUT2D eigenvalue weighted by molar-refractivity contribution is 5.94. The number of anilines is 1. The molecule has 0 saturated carbocycles. The topological polar surface area (TPSA) is 91.3 Å². The Bertz CT molecular complexity index is 711. The Morgan fingerprint density at radius 3 is 2.75 bits per heavy atom. The van der Waals surface area contributed by atoms with E-state index in [1.165, 1.54) is 0 Å². The van der Waals surface area contributed by atoms with Gasteiger partial charge in [-0.3, -0.25) is 19.4 Å². The van der Waals surface area contributed by atoms with E-state index in [1.807, 2.05) is 31.0 Å². The molecule has 154 valence electrons. The fourth-order valence-corrected chi connectivity index (χ4v) is 3.81. The summed E-state index contributed by atoms with van der Waals surface area (Å²) in [6.07, 6.45) is 2.73. The minimum absolute atomic E-state index is 0.0464. The normalized spacial score (nSPS) is 21.0. The molecule has 1 amide bonds. The summed E-state index contributed by atoms with van der Waals surface area (Å²) in [7, 11) is 1.85. The minimum atomic E-state index is -0.809. The van der Waals surface area contributed by atoms with Crippen LogP contribution in [0, 0.1) is 0 Å². The van der Waals surface area contributed by atoms with Gasteiger partial charge in [-0.2, -0.15) is 0 Å². The molecule has 2 unspecified atom stereocenters. The third-order valence-electron chi connectivity index (χ3n) is 5.48. The van der Waals surface area contributed by atoms with Crippen molar-refractivity contribution >= 4 is 17.6 Å². The number of carbonyl (C=O) groups is 2. The molecule has 2 N–H and O–H groups in total.